The normalized spacial score (nSPS) is 19.6. The van der Waals surface area contributed by atoms with Gasteiger partial charge in [-0.05, 0) is 42.7 Å². The number of piperidine rings is 1. The number of amides is 1. The van der Waals surface area contributed by atoms with Crippen molar-refractivity contribution in [3.63, 3.8) is 0 Å². The first kappa shape index (κ1) is 17.7. The van der Waals surface area contributed by atoms with E-state index in [0.29, 0.717) is 12.3 Å². The predicted molar refractivity (Wildman–Crippen MR) is 107 cm³/mol. The van der Waals surface area contributed by atoms with Gasteiger partial charge in [0.2, 0.25) is 5.91 Å². The highest BCUT2D eigenvalue weighted by Gasteiger charge is 2.25. The molecule has 1 saturated heterocycles. The zero-order valence-corrected chi connectivity index (χ0v) is 16.2. The van der Waals surface area contributed by atoms with Crippen LogP contribution in [0.3, 0.4) is 0 Å². The van der Waals surface area contributed by atoms with Gasteiger partial charge in [-0.2, -0.15) is 0 Å². The van der Waals surface area contributed by atoms with Crippen molar-refractivity contribution in [3.8, 4) is 0 Å². The molecule has 1 saturated carbocycles. The molecule has 3 nitrogen and oxygen atoms in total. The van der Waals surface area contributed by atoms with Crippen LogP contribution in [-0.4, -0.2) is 28.9 Å². The Labute approximate surface area is 160 Å². The maximum absolute atomic E-state index is 12.7. The van der Waals surface area contributed by atoms with Crippen molar-refractivity contribution in [2.24, 2.45) is 0 Å². The van der Waals surface area contributed by atoms with Crippen molar-refractivity contribution in [2.45, 2.75) is 63.2 Å². The van der Waals surface area contributed by atoms with Crippen LogP contribution in [0.5, 0.6) is 0 Å². The van der Waals surface area contributed by atoms with E-state index < -0.39 is 0 Å². The number of thiazole rings is 1. The lowest BCUT2D eigenvalue weighted by atomic mass is 9.84. The molecule has 0 atom stereocenters. The summed E-state index contributed by atoms with van der Waals surface area (Å²) in [5, 5.41) is 3.28. The van der Waals surface area contributed by atoms with E-state index in [1.54, 1.807) is 11.3 Å². The van der Waals surface area contributed by atoms with Gasteiger partial charge in [-0.1, -0.05) is 43.5 Å². The van der Waals surface area contributed by atoms with Gasteiger partial charge in [0.1, 0.15) is 0 Å². The van der Waals surface area contributed by atoms with Crippen LogP contribution in [0.25, 0.3) is 0 Å². The Balaban J connectivity index is 1.29. The first-order chi connectivity index (χ1) is 12.8. The van der Waals surface area contributed by atoms with Crippen molar-refractivity contribution < 1.29 is 4.79 Å². The van der Waals surface area contributed by atoms with Gasteiger partial charge >= 0.3 is 0 Å². The second-order valence-electron chi connectivity index (χ2n) is 7.78. The number of hydrogen-bond donors (Lipinski definition) is 0. The zero-order chi connectivity index (χ0) is 17.8. The average Bonchev–Trinajstić information content (AvgIpc) is 3.24. The van der Waals surface area contributed by atoms with E-state index in [4.69, 9.17) is 0 Å². The van der Waals surface area contributed by atoms with Crippen LogP contribution in [0, 0.1) is 0 Å². The van der Waals surface area contributed by atoms with Crippen molar-refractivity contribution in [3.05, 3.63) is 52.0 Å². The summed E-state index contributed by atoms with van der Waals surface area (Å²) in [6.07, 6.45) is 11.3. The van der Waals surface area contributed by atoms with Crippen LogP contribution >= 0.6 is 11.3 Å². The Morgan fingerprint density at radius 1 is 1.00 bits per heavy atom. The molecule has 1 aliphatic carbocycles. The summed E-state index contributed by atoms with van der Waals surface area (Å²) in [4.78, 5) is 19.1. The lowest BCUT2D eigenvalue weighted by Gasteiger charge is -2.31. The van der Waals surface area contributed by atoms with E-state index in [0.717, 1.165) is 37.4 Å². The Hall–Kier alpha value is -1.68. The molecule has 1 aliphatic heterocycles. The van der Waals surface area contributed by atoms with Crippen molar-refractivity contribution in [2.75, 3.05) is 13.1 Å². The molecule has 4 rings (SSSR count). The molecule has 0 bridgehead atoms. The molecule has 2 fully saturated rings. The third-order valence-electron chi connectivity index (χ3n) is 6.06. The summed E-state index contributed by atoms with van der Waals surface area (Å²) in [7, 11) is 0. The molecule has 1 aromatic carbocycles. The fourth-order valence-electron chi connectivity index (χ4n) is 4.44. The molecule has 2 aliphatic rings. The van der Waals surface area contributed by atoms with E-state index in [1.165, 1.54) is 42.7 Å². The van der Waals surface area contributed by atoms with Crippen molar-refractivity contribution in [1.29, 1.82) is 0 Å². The molecular weight excluding hydrogens is 340 g/mol. The molecular formula is C22H28N2OS. The SMILES string of the molecule is O=C(Cc1ccc(C2CCCCC2)cc1)N1CCC(c2nccs2)CC1. The second-order valence-corrected chi connectivity index (χ2v) is 8.70. The summed E-state index contributed by atoms with van der Waals surface area (Å²) in [5.74, 6) is 1.54. The van der Waals surface area contributed by atoms with Crippen LogP contribution < -0.4 is 0 Å². The Morgan fingerprint density at radius 3 is 2.38 bits per heavy atom. The molecule has 1 amide bonds. The van der Waals surface area contributed by atoms with Gasteiger partial charge in [-0.15, -0.1) is 11.3 Å². The minimum Gasteiger partial charge on any atom is -0.342 e. The summed E-state index contributed by atoms with van der Waals surface area (Å²) >= 11 is 1.74. The van der Waals surface area contributed by atoms with Gasteiger partial charge in [-0.3, -0.25) is 4.79 Å². The lowest BCUT2D eigenvalue weighted by molar-refractivity contribution is -0.131. The fourth-order valence-corrected chi connectivity index (χ4v) is 5.25. The smallest absolute Gasteiger partial charge is 0.226 e. The number of benzene rings is 1. The van der Waals surface area contributed by atoms with E-state index in [2.05, 4.69) is 29.2 Å². The topological polar surface area (TPSA) is 33.2 Å². The maximum atomic E-state index is 12.7. The molecule has 0 radical (unpaired) electrons. The fraction of sp³-hybridized carbons (Fsp3) is 0.545. The summed E-state index contributed by atoms with van der Waals surface area (Å²) in [6, 6.07) is 8.86. The Kier molecular flexibility index (Phi) is 5.68. The van der Waals surface area contributed by atoms with Crippen LogP contribution in [-0.2, 0) is 11.2 Å². The van der Waals surface area contributed by atoms with Crippen LogP contribution in [0.4, 0.5) is 0 Å². The third-order valence-corrected chi connectivity index (χ3v) is 7.00. The minimum absolute atomic E-state index is 0.271. The minimum atomic E-state index is 0.271. The maximum Gasteiger partial charge on any atom is 0.226 e. The molecule has 0 N–H and O–H groups in total. The standard InChI is InChI=1S/C22H28N2OS/c25-21(24-13-10-20(11-14-24)22-23-12-15-26-22)16-17-6-8-19(9-7-17)18-4-2-1-3-5-18/h6-9,12,15,18,20H,1-5,10-11,13-14,16H2. The van der Waals surface area contributed by atoms with Crippen molar-refractivity contribution in [1.82, 2.24) is 9.88 Å². The van der Waals surface area contributed by atoms with E-state index in [1.807, 2.05) is 16.5 Å². The van der Waals surface area contributed by atoms with E-state index >= 15 is 0 Å². The van der Waals surface area contributed by atoms with Crippen LogP contribution in [0.15, 0.2) is 35.8 Å². The second kappa shape index (κ2) is 8.34. The zero-order valence-electron chi connectivity index (χ0n) is 15.4. The molecule has 0 unspecified atom stereocenters. The lowest BCUT2D eigenvalue weighted by Crippen LogP contribution is -2.38. The Morgan fingerprint density at radius 2 is 1.73 bits per heavy atom. The Bertz CT molecular complexity index is 696. The summed E-state index contributed by atoms with van der Waals surface area (Å²) in [5.41, 5.74) is 2.61. The highest BCUT2D eigenvalue weighted by Crippen LogP contribution is 2.33. The van der Waals surface area contributed by atoms with Gasteiger partial charge < -0.3 is 4.90 Å². The first-order valence-corrected chi connectivity index (χ1v) is 10.9. The molecule has 138 valence electrons. The van der Waals surface area contributed by atoms with Gasteiger partial charge in [0.05, 0.1) is 11.4 Å². The largest absolute Gasteiger partial charge is 0.342 e. The molecule has 4 heteroatoms. The number of aromatic nitrogens is 1. The number of likely N-dealkylation sites (tertiary alicyclic amines) is 1. The van der Waals surface area contributed by atoms with E-state index in [9.17, 15) is 4.79 Å². The van der Waals surface area contributed by atoms with Gasteiger partial charge in [0.25, 0.3) is 0 Å². The summed E-state index contributed by atoms with van der Waals surface area (Å²) in [6.45, 7) is 1.73. The molecule has 0 spiro atoms. The van der Waals surface area contributed by atoms with E-state index in [-0.39, 0.29) is 5.91 Å². The molecule has 1 aromatic heterocycles. The first-order valence-electron chi connectivity index (χ1n) is 10.1. The summed E-state index contributed by atoms with van der Waals surface area (Å²) < 4.78 is 0. The van der Waals surface area contributed by atoms with Gasteiger partial charge in [-0.25, -0.2) is 4.98 Å². The highest BCUT2D eigenvalue weighted by atomic mass is 32.1. The number of nitrogens with zero attached hydrogens (tertiary/aromatic N) is 2. The van der Waals surface area contributed by atoms with Gasteiger partial charge in [0.15, 0.2) is 0 Å². The third kappa shape index (κ3) is 4.17. The average molecular weight is 369 g/mol. The number of carbonyl (C=O) groups is 1. The van der Waals surface area contributed by atoms with Crippen molar-refractivity contribution >= 4 is 17.2 Å². The number of carbonyl (C=O) groups excluding carboxylic acids is 1. The molecule has 2 heterocycles. The van der Waals surface area contributed by atoms with Gasteiger partial charge in [0, 0.05) is 30.6 Å². The number of rotatable bonds is 4. The van der Waals surface area contributed by atoms with Crippen LogP contribution in [0.1, 0.15) is 72.9 Å². The molecule has 26 heavy (non-hydrogen) atoms. The van der Waals surface area contributed by atoms with Crippen LogP contribution in [0.2, 0.25) is 0 Å². The number of hydrogen-bond acceptors (Lipinski definition) is 3. The predicted octanol–water partition coefficient (Wildman–Crippen LogP) is 5.14. The monoisotopic (exact) mass is 368 g/mol. The highest BCUT2D eigenvalue weighted by molar-refractivity contribution is 7.09. The quantitative estimate of drug-likeness (QED) is 0.749. The molecule has 2 aromatic rings.